The fraction of sp³-hybridized carbons (Fsp3) is 1.00. The lowest BCUT2D eigenvalue weighted by atomic mass is 10.2. The number of nitrogens with zero attached hydrogens (tertiary/aromatic N) is 1. The Morgan fingerprint density at radius 2 is 1.85 bits per heavy atom. The highest BCUT2D eigenvalue weighted by atomic mass is 15.3. The molecule has 2 heteroatoms. The van der Waals surface area contributed by atoms with Crippen LogP contribution in [0.2, 0.25) is 0 Å². The molecule has 0 aliphatic rings. The summed E-state index contributed by atoms with van der Waals surface area (Å²) in [6.45, 7) is 6.93. The molecule has 0 aliphatic carbocycles. The van der Waals surface area contributed by atoms with Crippen molar-refractivity contribution in [1.29, 1.82) is 0 Å². The summed E-state index contributed by atoms with van der Waals surface area (Å²) in [5.41, 5.74) is 0. The minimum Gasteiger partial charge on any atom is -0.331 e. The number of quaternary nitrogens is 1. The SMILES string of the molecule is CCCC(C)NCCC[N+](C)(C)C. The minimum atomic E-state index is 0.692. The van der Waals surface area contributed by atoms with Gasteiger partial charge in [0, 0.05) is 19.0 Å². The Balaban J connectivity index is 3.25. The van der Waals surface area contributed by atoms with Crippen LogP contribution in [0.5, 0.6) is 0 Å². The molecule has 0 aromatic heterocycles. The molecular weight excluding hydrogens is 160 g/mol. The van der Waals surface area contributed by atoms with Crippen molar-refractivity contribution >= 4 is 0 Å². The first kappa shape index (κ1) is 12.9. The molecule has 0 spiro atoms. The molecule has 0 heterocycles. The van der Waals surface area contributed by atoms with E-state index in [1.807, 2.05) is 0 Å². The summed E-state index contributed by atoms with van der Waals surface area (Å²) in [5.74, 6) is 0. The van der Waals surface area contributed by atoms with Crippen molar-refractivity contribution in [3.63, 3.8) is 0 Å². The predicted octanol–water partition coefficient (Wildman–Crippen LogP) is 1.86. The van der Waals surface area contributed by atoms with Gasteiger partial charge < -0.3 is 9.80 Å². The predicted molar refractivity (Wildman–Crippen MR) is 59.9 cm³/mol. The van der Waals surface area contributed by atoms with Crippen LogP contribution < -0.4 is 5.32 Å². The second-order valence-corrected chi connectivity index (χ2v) is 5.01. The molecule has 13 heavy (non-hydrogen) atoms. The summed E-state index contributed by atoms with van der Waals surface area (Å²) in [4.78, 5) is 0. The zero-order valence-corrected chi connectivity index (χ0v) is 10.1. The fourth-order valence-corrected chi connectivity index (χ4v) is 1.44. The minimum absolute atomic E-state index is 0.692. The number of hydrogen-bond donors (Lipinski definition) is 1. The van der Waals surface area contributed by atoms with Crippen LogP contribution in [0.1, 0.15) is 33.1 Å². The van der Waals surface area contributed by atoms with E-state index in [1.54, 1.807) is 0 Å². The Kier molecular flexibility index (Phi) is 6.35. The van der Waals surface area contributed by atoms with E-state index < -0.39 is 0 Å². The maximum atomic E-state index is 3.55. The van der Waals surface area contributed by atoms with Gasteiger partial charge in [-0.25, -0.2) is 0 Å². The lowest BCUT2D eigenvalue weighted by Crippen LogP contribution is -2.37. The fourth-order valence-electron chi connectivity index (χ4n) is 1.44. The number of rotatable bonds is 7. The zero-order chi connectivity index (χ0) is 10.3. The molecule has 0 aromatic rings. The highest BCUT2D eigenvalue weighted by Gasteiger charge is 2.06. The zero-order valence-electron chi connectivity index (χ0n) is 10.1. The van der Waals surface area contributed by atoms with Gasteiger partial charge in [-0.05, 0) is 13.3 Å². The van der Waals surface area contributed by atoms with Gasteiger partial charge in [0.2, 0.25) is 0 Å². The van der Waals surface area contributed by atoms with Crippen molar-refractivity contribution in [2.75, 3.05) is 34.2 Å². The normalized spacial score (nSPS) is 14.5. The molecule has 0 aromatic carbocycles. The van der Waals surface area contributed by atoms with Crippen LogP contribution in [0.15, 0.2) is 0 Å². The Labute approximate surface area is 83.9 Å². The second kappa shape index (κ2) is 6.39. The topological polar surface area (TPSA) is 12.0 Å². The van der Waals surface area contributed by atoms with E-state index in [1.165, 1.54) is 25.8 Å². The molecule has 0 bridgehead atoms. The third-order valence-electron chi connectivity index (χ3n) is 2.22. The van der Waals surface area contributed by atoms with Crippen LogP contribution in [-0.4, -0.2) is 44.8 Å². The first-order valence-corrected chi connectivity index (χ1v) is 5.49. The quantitative estimate of drug-likeness (QED) is 0.474. The standard InChI is InChI=1S/C11H27N2/c1-6-8-11(2)12-9-7-10-13(3,4)5/h11-12H,6-10H2,1-5H3/q+1. The van der Waals surface area contributed by atoms with Gasteiger partial charge in [-0.2, -0.15) is 0 Å². The first-order valence-electron chi connectivity index (χ1n) is 5.49. The first-order chi connectivity index (χ1) is 5.95. The highest BCUT2D eigenvalue weighted by molar-refractivity contribution is 4.58. The molecule has 0 aliphatic heterocycles. The molecule has 1 atom stereocenters. The van der Waals surface area contributed by atoms with Crippen LogP contribution in [0, 0.1) is 0 Å². The van der Waals surface area contributed by atoms with Crippen molar-refractivity contribution in [3.05, 3.63) is 0 Å². The lowest BCUT2D eigenvalue weighted by Gasteiger charge is -2.24. The van der Waals surface area contributed by atoms with Gasteiger partial charge in [0.1, 0.15) is 0 Å². The van der Waals surface area contributed by atoms with E-state index in [4.69, 9.17) is 0 Å². The largest absolute Gasteiger partial charge is 0.331 e. The van der Waals surface area contributed by atoms with Crippen LogP contribution in [-0.2, 0) is 0 Å². The average Bonchev–Trinajstić information content (AvgIpc) is 1.97. The molecule has 0 radical (unpaired) electrons. The van der Waals surface area contributed by atoms with Crippen molar-refractivity contribution in [3.8, 4) is 0 Å². The average molecular weight is 187 g/mol. The summed E-state index contributed by atoms with van der Waals surface area (Å²) in [7, 11) is 6.74. The Hall–Kier alpha value is -0.0800. The maximum absolute atomic E-state index is 3.55. The molecule has 0 fully saturated rings. The summed E-state index contributed by atoms with van der Waals surface area (Å²) >= 11 is 0. The summed E-state index contributed by atoms with van der Waals surface area (Å²) in [6.07, 6.45) is 3.85. The van der Waals surface area contributed by atoms with E-state index in [-0.39, 0.29) is 0 Å². The molecule has 2 nitrogen and oxygen atoms in total. The Bertz CT molecular complexity index is 116. The van der Waals surface area contributed by atoms with E-state index in [0.717, 1.165) is 11.0 Å². The summed E-state index contributed by atoms with van der Waals surface area (Å²) < 4.78 is 1.07. The van der Waals surface area contributed by atoms with E-state index >= 15 is 0 Å². The molecule has 0 rings (SSSR count). The Morgan fingerprint density at radius 1 is 1.23 bits per heavy atom. The molecule has 1 N–H and O–H groups in total. The van der Waals surface area contributed by atoms with Crippen molar-refractivity contribution < 1.29 is 4.48 Å². The number of nitrogens with one attached hydrogen (secondary N) is 1. The smallest absolute Gasteiger partial charge is 0.0792 e. The molecule has 0 amide bonds. The summed E-state index contributed by atoms with van der Waals surface area (Å²) in [5, 5.41) is 3.55. The third kappa shape index (κ3) is 9.84. The van der Waals surface area contributed by atoms with E-state index in [2.05, 4.69) is 40.3 Å². The molecule has 80 valence electrons. The monoisotopic (exact) mass is 187 g/mol. The van der Waals surface area contributed by atoms with Crippen molar-refractivity contribution in [2.45, 2.75) is 39.2 Å². The molecular formula is C11H27N2+. The van der Waals surface area contributed by atoms with Gasteiger partial charge in [0.15, 0.2) is 0 Å². The molecule has 1 unspecified atom stereocenters. The lowest BCUT2D eigenvalue weighted by molar-refractivity contribution is -0.870. The van der Waals surface area contributed by atoms with Gasteiger partial charge >= 0.3 is 0 Å². The van der Waals surface area contributed by atoms with Gasteiger partial charge in [-0.3, -0.25) is 0 Å². The van der Waals surface area contributed by atoms with Gasteiger partial charge in [0.25, 0.3) is 0 Å². The molecule has 0 saturated carbocycles. The summed E-state index contributed by atoms with van der Waals surface area (Å²) in [6, 6.07) is 0.692. The van der Waals surface area contributed by atoms with Gasteiger partial charge in [-0.1, -0.05) is 13.3 Å². The van der Waals surface area contributed by atoms with Gasteiger partial charge in [-0.15, -0.1) is 0 Å². The van der Waals surface area contributed by atoms with Crippen LogP contribution in [0.4, 0.5) is 0 Å². The highest BCUT2D eigenvalue weighted by Crippen LogP contribution is 1.96. The maximum Gasteiger partial charge on any atom is 0.0792 e. The van der Waals surface area contributed by atoms with E-state index in [9.17, 15) is 0 Å². The van der Waals surface area contributed by atoms with Crippen LogP contribution >= 0.6 is 0 Å². The Morgan fingerprint density at radius 3 is 2.31 bits per heavy atom. The van der Waals surface area contributed by atoms with Crippen LogP contribution in [0.25, 0.3) is 0 Å². The van der Waals surface area contributed by atoms with Crippen molar-refractivity contribution in [1.82, 2.24) is 5.32 Å². The second-order valence-electron chi connectivity index (χ2n) is 5.01. The van der Waals surface area contributed by atoms with Crippen molar-refractivity contribution in [2.24, 2.45) is 0 Å². The molecule has 0 saturated heterocycles. The van der Waals surface area contributed by atoms with Crippen LogP contribution in [0.3, 0.4) is 0 Å². The van der Waals surface area contributed by atoms with E-state index in [0.29, 0.717) is 6.04 Å². The van der Waals surface area contributed by atoms with Gasteiger partial charge in [0.05, 0.1) is 27.7 Å². The third-order valence-corrected chi connectivity index (χ3v) is 2.22. The number of hydrogen-bond acceptors (Lipinski definition) is 1.